The SMILES string of the molecule is CC(C)(C)c1ccc([C@@H]2COCCN2)cc1.Cl. The number of morpholine rings is 1. The minimum atomic E-state index is 0. The van der Waals surface area contributed by atoms with E-state index in [9.17, 15) is 0 Å². The molecule has 1 saturated heterocycles. The maximum Gasteiger partial charge on any atom is 0.0662 e. The van der Waals surface area contributed by atoms with Gasteiger partial charge in [-0.15, -0.1) is 12.4 Å². The highest BCUT2D eigenvalue weighted by Crippen LogP contribution is 2.24. The molecule has 1 N–H and O–H groups in total. The van der Waals surface area contributed by atoms with E-state index in [1.807, 2.05) is 0 Å². The molecular weight excluding hydrogens is 234 g/mol. The van der Waals surface area contributed by atoms with Crippen LogP contribution in [0.3, 0.4) is 0 Å². The van der Waals surface area contributed by atoms with Crippen molar-refractivity contribution in [3.8, 4) is 0 Å². The topological polar surface area (TPSA) is 21.3 Å². The molecule has 1 aromatic carbocycles. The van der Waals surface area contributed by atoms with Crippen LogP contribution >= 0.6 is 12.4 Å². The summed E-state index contributed by atoms with van der Waals surface area (Å²) in [6, 6.07) is 9.25. The van der Waals surface area contributed by atoms with Crippen LogP contribution in [0.4, 0.5) is 0 Å². The van der Waals surface area contributed by atoms with Crippen LogP contribution in [0.1, 0.15) is 37.9 Å². The largest absolute Gasteiger partial charge is 0.378 e. The summed E-state index contributed by atoms with van der Waals surface area (Å²) < 4.78 is 5.47. The molecule has 1 fully saturated rings. The Morgan fingerprint density at radius 3 is 2.29 bits per heavy atom. The highest BCUT2D eigenvalue weighted by atomic mass is 35.5. The molecule has 96 valence electrons. The van der Waals surface area contributed by atoms with Crippen LogP contribution in [0, 0.1) is 0 Å². The molecule has 1 atom stereocenters. The standard InChI is InChI=1S/C14H21NO.ClH/c1-14(2,3)12-6-4-11(5-7-12)13-10-16-9-8-15-13;/h4-7,13,15H,8-10H2,1-3H3;1H/t13-;/m0./s1. The van der Waals surface area contributed by atoms with E-state index >= 15 is 0 Å². The van der Waals surface area contributed by atoms with Crippen LogP contribution in [0.15, 0.2) is 24.3 Å². The first kappa shape index (κ1) is 14.5. The molecule has 0 saturated carbocycles. The molecule has 1 heterocycles. The monoisotopic (exact) mass is 255 g/mol. The van der Waals surface area contributed by atoms with E-state index in [1.165, 1.54) is 11.1 Å². The van der Waals surface area contributed by atoms with Crippen LogP contribution in [-0.4, -0.2) is 19.8 Å². The lowest BCUT2D eigenvalue weighted by Crippen LogP contribution is -2.34. The third-order valence-corrected chi connectivity index (χ3v) is 3.10. The second-order valence-corrected chi connectivity index (χ2v) is 5.45. The molecule has 0 spiro atoms. The van der Waals surface area contributed by atoms with Crippen molar-refractivity contribution in [3.05, 3.63) is 35.4 Å². The average Bonchev–Trinajstić information content (AvgIpc) is 2.29. The summed E-state index contributed by atoms with van der Waals surface area (Å²) in [5.74, 6) is 0. The van der Waals surface area contributed by atoms with Crippen LogP contribution in [0.2, 0.25) is 0 Å². The third-order valence-electron chi connectivity index (χ3n) is 3.10. The lowest BCUT2D eigenvalue weighted by atomic mass is 9.86. The van der Waals surface area contributed by atoms with Crippen molar-refractivity contribution >= 4 is 12.4 Å². The van der Waals surface area contributed by atoms with Crippen LogP contribution in [-0.2, 0) is 10.2 Å². The molecule has 0 aliphatic carbocycles. The van der Waals surface area contributed by atoms with Crippen molar-refractivity contribution in [1.29, 1.82) is 0 Å². The Bertz CT molecular complexity index is 336. The minimum Gasteiger partial charge on any atom is -0.378 e. The Labute approximate surface area is 110 Å². The third kappa shape index (κ3) is 3.70. The number of nitrogens with one attached hydrogen (secondary N) is 1. The van der Waals surface area contributed by atoms with Gasteiger partial charge in [-0.2, -0.15) is 0 Å². The van der Waals surface area contributed by atoms with E-state index in [0.717, 1.165) is 19.8 Å². The number of rotatable bonds is 1. The second-order valence-electron chi connectivity index (χ2n) is 5.45. The zero-order valence-electron chi connectivity index (χ0n) is 10.8. The summed E-state index contributed by atoms with van der Waals surface area (Å²) in [5, 5.41) is 3.47. The Balaban J connectivity index is 0.00000144. The summed E-state index contributed by atoms with van der Waals surface area (Å²) in [6.07, 6.45) is 0. The van der Waals surface area contributed by atoms with Gasteiger partial charge >= 0.3 is 0 Å². The van der Waals surface area contributed by atoms with Crippen molar-refractivity contribution in [3.63, 3.8) is 0 Å². The van der Waals surface area contributed by atoms with Crippen molar-refractivity contribution in [2.24, 2.45) is 0 Å². The summed E-state index contributed by atoms with van der Waals surface area (Å²) in [7, 11) is 0. The van der Waals surface area contributed by atoms with Gasteiger partial charge in [0.1, 0.15) is 0 Å². The summed E-state index contributed by atoms with van der Waals surface area (Å²) >= 11 is 0. The smallest absolute Gasteiger partial charge is 0.0662 e. The average molecular weight is 256 g/mol. The first-order valence-electron chi connectivity index (χ1n) is 5.99. The Morgan fingerprint density at radius 1 is 1.18 bits per heavy atom. The molecule has 0 bridgehead atoms. The van der Waals surface area contributed by atoms with Crippen molar-refractivity contribution in [1.82, 2.24) is 5.32 Å². The van der Waals surface area contributed by atoms with Crippen molar-refractivity contribution < 1.29 is 4.74 Å². The normalized spacial score (nSPS) is 20.8. The highest BCUT2D eigenvalue weighted by Gasteiger charge is 2.17. The van der Waals surface area contributed by atoms with Crippen LogP contribution in [0.25, 0.3) is 0 Å². The van der Waals surface area contributed by atoms with Crippen LogP contribution < -0.4 is 5.32 Å². The zero-order valence-corrected chi connectivity index (χ0v) is 11.6. The molecule has 0 aromatic heterocycles. The molecular formula is C14H22ClNO. The number of benzene rings is 1. The van der Waals surface area contributed by atoms with Crippen molar-refractivity contribution in [2.75, 3.05) is 19.8 Å². The number of hydrogen-bond acceptors (Lipinski definition) is 2. The molecule has 1 aliphatic heterocycles. The maximum atomic E-state index is 5.47. The van der Waals surface area contributed by atoms with Gasteiger partial charge in [0.05, 0.1) is 19.3 Å². The number of ether oxygens (including phenoxy) is 1. The quantitative estimate of drug-likeness (QED) is 0.833. The van der Waals surface area contributed by atoms with Gasteiger partial charge in [0.25, 0.3) is 0 Å². The van der Waals surface area contributed by atoms with Crippen LogP contribution in [0.5, 0.6) is 0 Å². The molecule has 0 unspecified atom stereocenters. The lowest BCUT2D eigenvalue weighted by molar-refractivity contribution is 0.0769. The second kappa shape index (κ2) is 5.85. The van der Waals surface area contributed by atoms with E-state index in [-0.39, 0.29) is 17.8 Å². The van der Waals surface area contributed by atoms with E-state index < -0.39 is 0 Å². The Kier molecular flexibility index (Phi) is 4.99. The fourth-order valence-corrected chi connectivity index (χ4v) is 1.99. The molecule has 2 nitrogen and oxygen atoms in total. The van der Waals surface area contributed by atoms with Gasteiger partial charge in [0, 0.05) is 6.54 Å². The molecule has 17 heavy (non-hydrogen) atoms. The summed E-state index contributed by atoms with van der Waals surface area (Å²) in [4.78, 5) is 0. The maximum absolute atomic E-state index is 5.47. The lowest BCUT2D eigenvalue weighted by Gasteiger charge is -2.25. The van der Waals surface area contributed by atoms with E-state index in [4.69, 9.17) is 4.74 Å². The predicted octanol–water partition coefficient (Wildman–Crippen LogP) is 3.07. The van der Waals surface area contributed by atoms with Gasteiger partial charge in [-0.3, -0.25) is 0 Å². The molecule has 1 aliphatic rings. The minimum absolute atomic E-state index is 0. The zero-order chi connectivity index (χ0) is 11.6. The Hall–Kier alpha value is -0.570. The van der Waals surface area contributed by atoms with Crippen molar-refractivity contribution in [2.45, 2.75) is 32.2 Å². The number of hydrogen-bond donors (Lipinski definition) is 1. The molecule has 2 rings (SSSR count). The molecule has 1 aromatic rings. The van der Waals surface area contributed by atoms with Gasteiger partial charge in [0.2, 0.25) is 0 Å². The fourth-order valence-electron chi connectivity index (χ4n) is 1.99. The van der Waals surface area contributed by atoms with Gasteiger partial charge in [-0.1, -0.05) is 45.0 Å². The van der Waals surface area contributed by atoms with Gasteiger partial charge in [-0.25, -0.2) is 0 Å². The first-order chi connectivity index (χ1) is 7.57. The summed E-state index contributed by atoms with van der Waals surface area (Å²) in [6.45, 7) is 9.29. The molecule has 0 radical (unpaired) electrons. The predicted molar refractivity (Wildman–Crippen MR) is 74.0 cm³/mol. The highest BCUT2D eigenvalue weighted by molar-refractivity contribution is 5.85. The van der Waals surface area contributed by atoms with E-state index in [2.05, 4.69) is 50.4 Å². The van der Waals surface area contributed by atoms with Gasteiger partial charge < -0.3 is 10.1 Å². The molecule has 3 heteroatoms. The first-order valence-corrected chi connectivity index (χ1v) is 5.99. The van der Waals surface area contributed by atoms with Gasteiger partial charge in [-0.05, 0) is 16.5 Å². The summed E-state index contributed by atoms with van der Waals surface area (Å²) in [5.41, 5.74) is 2.94. The fraction of sp³-hybridized carbons (Fsp3) is 0.571. The molecule has 0 amide bonds. The number of halogens is 1. The van der Waals surface area contributed by atoms with E-state index in [1.54, 1.807) is 0 Å². The Morgan fingerprint density at radius 2 is 1.82 bits per heavy atom. The van der Waals surface area contributed by atoms with Gasteiger partial charge in [0.15, 0.2) is 0 Å². The van der Waals surface area contributed by atoms with E-state index in [0.29, 0.717) is 6.04 Å².